The number of hydrogen-bond donors (Lipinski definition) is 6. The van der Waals surface area contributed by atoms with E-state index in [4.69, 9.17) is 14.8 Å². The zero-order chi connectivity index (χ0) is 25.2. The normalized spacial score (nSPS) is 13.4. The summed E-state index contributed by atoms with van der Waals surface area (Å²) in [6.45, 7) is -0.502. The van der Waals surface area contributed by atoms with Gasteiger partial charge < -0.3 is 21.7 Å². The molecule has 1 aromatic carbocycles. The molecule has 0 fully saturated rings. The number of amides is 3. The zero-order valence-electron chi connectivity index (χ0n) is 17.1. The van der Waals surface area contributed by atoms with Crippen LogP contribution in [0.15, 0.2) is 30.3 Å². The molecule has 14 nitrogen and oxygen atoms in total. The van der Waals surface area contributed by atoms with Gasteiger partial charge in [-0.3, -0.25) is 28.3 Å². The van der Waals surface area contributed by atoms with Crippen LogP contribution in [-0.4, -0.2) is 86.1 Å². The third-order valence-electron chi connectivity index (χ3n) is 3.91. The monoisotopic (exact) mass is 508 g/mol. The minimum atomic E-state index is -4.76. The molecule has 0 saturated carbocycles. The van der Waals surface area contributed by atoms with Crippen molar-refractivity contribution in [2.24, 2.45) is 5.73 Å². The molecule has 0 aliphatic heterocycles. The second kappa shape index (κ2) is 12.4. The second-order valence-electron chi connectivity index (χ2n) is 6.80. The summed E-state index contributed by atoms with van der Waals surface area (Å²) in [7, 11) is -9.39. The molecule has 2 atom stereocenters. The van der Waals surface area contributed by atoms with E-state index in [1.165, 1.54) is 0 Å². The quantitative estimate of drug-likeness (QED) is 0.0872. The Morgan fingerprint density at radius 2 is 1.39 bits per heavy atom. The number of hydrogen-bond acceptors (Lipinski definition) is 9. The Bertz CT molecular complexity index is 1070. The summed E-state index contributed by atoms with van der Waals surface area (Å²) >= 11 is 0. The highest BCUT2D eigenvalue weighted by Gasteiger charge is 2.29. The molecule has 0 aliphatic carbocycles. The van der Waals surface area contributed by atoms with Crippen molar-refractivity contribution in [2.75, 3.05) is 24.6 Å². The fraction of sp³-hybridized carbons (Fsp3) is 0.412. The molecular formula is C17H24N4O10S2. The maximum atomic E-state index is 12.2. The highest BCUT2D eigenvalue weighted by atomic mass is 32.2. The summed E-state index contributed by atoms with van der Waals surface area (Å²) < 4.78 is 61.6. The Balaban J connectivity index is 2.59. The van der Waals surface area contributed by atoms with Crippen LogP contribution in [0, 0.1) is 0 Å². The molecule has 0 bridgehead atoms. The van der Waals surface area contributed by atoms with Gasteiger partial charge in [0.2, 0.25) is 17.6 Å². The van der Waals surface area contributed by atoms with Crippen molar-refractivity contribution >= 4 is 43.7 Å². The summed E-state index contributed by atoms with van der Waals surface area (Å²) in [5.41, 5.74) is 5.91. The first-order valence-corrected chi connectivity index (χ1v) is 12.5. The summed E-state index contributed by atoms with van der Waals surface area (Å²) in [4.78, 5) is 47.8. The van der Waals surface area contributed by atoms with E-state index < -0.39 is 67.3 Å². The molecule has 33 heavy (non-hydrogen) atoms. The lowest BCUT2D eigenvalue weighted by Gasteiger charge is -2.19. The molecule has 184 valence electrons. The van der Waals surface area contributed by atoms with Gasteiger partial charge in [0.05, 0.1) is 5.75 Å². The molecule has 0 spiro atoms. The number of carbonyl (C=O) groups excluding carboxylic acids is 4. The predicted molar refractivity (Wildman–Crippen MR) is 114 cm³/mol. The van der Waals surface area contributed by atoms with Crippen molar-refractivity contribution < 1.29 is 45.1 Å². The van der Waals surface area contributed by atoms with Crippen LogP contribution in [-0.2, 0) is 45.8 Å². The van der Waals surface area contributed by atoms with Crippen molar-refractivity contribution in [3.05, 3.63) is 35.9 Å². The van der Waals surface area contributed by atoms with E-state index in [2.05, 4.69) is 10.6 Å². The Morgan fingerprint density at radius 1 is 0.848 bits per heavy atom. The number of ketones is 1. The van der Waals surface area contributed by atoms with Gasteiger partial charge in [0.15, 0.2) is 0 Å². The Kier molecular flexibility index (Phi) is 10.5. The van der Waals surface area contributed by atoms with E-state index in [0.717, 1.165) is 0 Å². The van der Waals surface area contributed by atoms with Gasteiger partial charge in [0.25, 0.3) is 26.1 Å². The lowest BCUT2D eigenvalue weighted by atomic mass is 10.1. The van der Waals surface area contributed by atoms with E-state index >= 15 is 0 Å². The average molecular weight is 509 g/mol. The number of carbonyl (C=O) groups is 4. The first kappa shape index (κ1) is 28.1. The van der Waals surface area contributed by atoms with Crippen LogP contribution in [0.5, 0.6) is 0 Å². The summed E-state index contributed by atoms with van der Waals surface area (Å²) in [6.07, 6.45) is -0.134. The molecular weight excluding hydrogens is 484 g/mol. The SMILES string of the molecule is NC(CS(=O)(=O)O)C(=O)NC(CS(=O)(=O)O)C(=O)NCCNC(=O)C(=O)Cc1ccccc1. The van der Waals surface area contributed by atoms with E-state index in [9.17, 15) is 36.0 Å². The van der Waals surface area contributed by atoms with Gasteiger partial charge in [-0.2, -0.15) is 16.8 Å². The van der Waals surface area contributed by atoms with Crippen LogP contribution in [0.3, 0.4) is 0 Å². The van der Waals surface area contributed by atoms with E-state index in [-0.39, 0.29) is 19.5 Å². The maximum absolute atomic E-state index is 12.2. The molecule has 16 heteroatoms. The molecule has 0 saturated heterocycles. The summed E-state index contributed by atoms with van der Waals surface area (Å²) in [5.74, 6) is -6.47. The number of nitrogens with two attached hydrogens (primary N) is 1. The van der Waals surface area contributed by atoms with Gasteiger partial charge in [0, 0.05) is 19.5 Å². The number of benzene rings is 1. The second-order valence-corrected chi connectivity index (χ2v) is 9.79. The average Bonchev–Trinajstić information content (AvgIpc) is 2.68. The Hall–Kier alpha value is -2.92. The predicted octanol–water partition coefficient (Wildman–Crippen LogP) is -3.38. The van der Waals surface area contributed by atoms with Gasteiger partial charge in [-0.25, -0.2) is 0 Å². The minimum Gasteiger partial charge on any atom is -0.353 e. The van der Waals surface area contributed by atoms with Gasteiger partial charge in [-0.1, -0.05) is 30.3 Å². The minimum absolute atomic E-state index is 0.134. The van der Waals surface area contributed by atoms with E-state index in [1.54, 1.807) is 30.3 Å². The molecule has 2 unspecified atom stereocenters. The summed E-state index contributed by atoms with van der Waals surface area (Å²) in [5, 5.41) is 6.29. The number of Topliss-reactive ketones (excluding diaryl/α,β-unsaturated/α-hetero) is 1. The van der Waals surface area contributed by atoms with Crippen LogP contribution in [0.2, 0.25) is 0 Å². The van der Waals surface area contributed by atoms with Crippen LogP contribution < -0.4 is 21.7 Å². The highest BCUT2D eigenvalue weighted by Crippen LogP contribution is 2.00. The molecule has 0 aliphatic rings. The van der Waals surface area contributed by atoms with Gasteiger partial charge in [0.1, 0.15) is 17.8 Å². The largest absolute Gasteiger partial charge is 0.353 e. The molecule has 0 radical (unpaired) electrons. The number of nitrogens with one attached hydrogen (secondary N) is 3. The standard InChI is InChI=1S/C17H24N4O10S2/c18-12(9-32(26,27)28)15(23)21-13(10-33(29,30)31)16(24)19-6-7-20-17(25)14(22)8-11-4-2-1-3-5-11/h1-5,12-13H,6-10,18H2,(H,19,24)(H,20,25)(H,21,23)(H,26,27,28)(H,29,30,31). The molecule has 3 amide bonds. The maximum Gasteiger partial charge on any atom is 0.287 e. The first-order chi connectivity index (χ1) is 15.2. The molecule has 7 N–H and O–H groups in total. The lowest BCUT2D eigenvalue weighted by Crippen LogP contribution is -2.56. The number of rotatable bonds is 13. The molecule has 1 rings (SSSR count). The van der Waals surface area contributed by atoms with Gasteiger partial charge in [-0.15, -0.1) is 0 Å². The van der Waals surface area contributed by atoms with Crippen molar-refractivity contribution in [2.45, 2.75) is 18.5 Å². The van der Waals surface area contributed by atoms with Crippen LogP contribution in [0.1, 0.15) is 5.56 Å². The highest BCUT2D eigenvalue weighted by molar-refractivity contribution is 7.86. The molecule has 1 aromatic rings. The summed E-state index contributed by atoms with van der Waals surface area (Å²) in [6, 6.07) is 4.78. The molecule has 0 aromatic heterocycles. The lowest BCUT2D eigenvalue weighted by molar-refractivity contribution is -0.137. The topological polar surface area (TPSA) is 239 Å². The van der Waals surface area contributed by atoms with Crippen LogP contribution in [0.4, 0.5) is 0 Å². The van der Waals surface area contributed by atoms with Crippen molar-refractivity contribution in [3.63, 3.8) is 0 Å². The smallest absolute Gasteiger partial charge is 0.287 e. The van der Waals surface area contributed by atoms with Crippen LogP contribution in [0.25, 0.3) is 0 Å². The first-order valence-electron chi connectivity index (χ1n) is 9.27. The van der Waals surface area contributed by atoms with Crippen molar-refractivity contribution in [1.29, 1.82) is 0 Å². The van der Waals surface area contributed by atoms with Crippen molar-refractivity contribution in [3.8, 4) is 0 Å². The van der Waals surface area contributed by atoms with E-state index in [0.29, 0.717) is 5.56 Å². The third kappa shape index (κ3) is 12.0. The Labute approximate surface area is 189 Å². The van der Waals surface area contributed by atoms with Gasteiger partial charge >= 0.3 is 0 Å². The fourth-order valence-corrected chi connectivity index (χ4v) is 3.68. The fourth-order valence-electron chi connectivity index (χ4n) is 2.42. The third-order valence-corrected chi connectivity index (χ3v) is 5.44. The molecule has 0 heterocycles. The van der Waals surface area contributed by atoms with Crippen LogP contribution >= 0.6 is 0 Å². The van der Waals surface area contributed by atoms with E-state index in [1.807, 2.05) is 5.32 Å². The van der Waals surface area contributed by atoms with Crippen molar-refractivity contribution in [1.82, 2.24) is 16.0 Å². The Morgan fingerprint density at radius 3 is 1.94 bits per heavy atom. The zero-order valence-corrected chi connectivity index (χ0v) is 18.8. The van der Waals surface area contributed by atoms with Gasteiger partial charge in [-0.05, 0) is 5.56 Å².